The summed E-state index contributed by atoms with van der Waals surface area (Å²) in [6.45, 7) is 5.98. The molecular formula is C21H23N3O2S. The van der Waals surface area contributed by atoms with Gasteiger partial charge in [0.05, 0.1) is 11.7 Å². The largest absolute Gasteiger partial charge is 0.324 e. The van der Waals surface area contributed by atoms with Gasteiger partial charge in [-0.15, -0.1) is 11.3 Å². The van der Waals surface area contributed by atoms with E-state index in [1.807, 2.05) is 31.2 Å². The molecule has 1 N–H and O–H groups in total. The fourth-order valence-corrected chi connectivity index (χ4v) is 4.97. The van der Waals surface area contributed by atoms with E-state index in [4.69, 9.17) is 0 Å². The molecule has 2 heterocycles. The number of thiophene rings is 1. The molecule has 1 aliphatic rings. The highest BCUT2D eigenvalue weighted by molar-refractivity contribution is 7.18. The van der Waals surface area contributed by atoms with Gasteiger partial charge in [-0.05, 0) is 56.7 Å². The normalized spacial score (nSPS) is 17.5. The standard InChI is InChI=1S/C21H23N3O2S/c1-12-4-7-15(8-5-12)23-19(25)14(3)24-11-22-20-18(21(24)26)16-9-6-13(2)10-17(16)27-20/h4-5,7-8,11,13-14H,6,9-10H2,1-3H3,(H,23,25). The summed E-state index contributed by atoms with van der Waals surface area (Å²) in [5.41, 5.74) is 2.88. The predicted octanol–water partition coefficient (Wildman–Crippen LogP) is 4.09. The van der Waals surface area contributed by atoms with Gasteiger partial charge in [0.1, 0.15) is 10.9 Å². The summed E-state index contributed by atoms with van der Waals surface area (Å²) in [7, 11) is 0. The van der Waals surface area contributed by atoms with E-state index in [1.54, 1.807) is 18.3 Å². The van der Waals surface area contributed by atoms with Crippen LogP contribution in [0.3, 0.4) is 0 Å². The Bertz CT molecular complexity index is 1070. The summed E-state index contributed by atoms with van der Waals surface area (Å²) in [6.07, 6.45) is 4.53. The first-order valence-electron chi connectivity index (χ1n) is 9.33. The fraction of sp³-hybridized carbons (Fsp3) is 0.381. The summed E-state index contributed by atoms with van der Waals surface area (Å²) in [4.78, 5) is 32.4. The number of benzene rings is 1. The molecule has 4 rings (SSSR count). The van der Waals surface area contributed by atoms with Gasteiger partial charge in [-0.25, -0.2) is 4.98 Å². The summed E-state index contributed by atoms with van der Waals surface area (Å²) >= 11 is 1.63. The van der Waals surface area contributed by atoms with E-state index < -0.39 is 6.04 Å². The monoisotopic (exact) mass is 381 g/mol. The quantitative estimate of drug-likeness (QED) is 0.743. The van der Waals surface area contributed by atoms with E-state index in [0.29, 0.717) is 11.3 Å². The van der Waals surface area contributed by atoms with E-state index in [9.17, 15) is 9.59 Å². The summed E-state index contributed by atoms with van der Waals surface area (Å²) in [5, 5.41) is 3.59. The van der Waals surface area contributed by atoms with Crippen molar-refractivity contribution in [1.82, 2.24) is 9.55 Å². The first-order chi connectivity index (χ1) is 12.9. The van der Waals surface area contributed by atoms with Crippen molar-refractivity contribution in [2.24, 2.45) is 5.92 Å². The molecule has 27 heavy (non-hydrogen) atoms. The molecule has 0 aliphatic heterocycles. The van der Waals surface area contributed by atoms with Crippen molar-refractivity contribution in [3.8, 4) is 0 Å². The van der Waals surface area contributed by atoms with Crippen LogP contribution < -0.4 is 10.9 Å². The first kappa shape index (κ1) is 17.9. The number of hydrogen-bond acceptors (Lipinski definition) is 4. The van der Waals surface area contributed by atoms with E-state index in [0.717, 1.165) is 40.9 Å². The van der Waals surface area contributed by atoms with Crippen LogP contribution in [0.15, 0.2) is 35.4 Å². The number of carbonyl (C=O) groups is 1. The second-order valence-corrected chi connectivity index (χ2v) is 8.60. The molecule has 0 spiro atoms. The van der Waals surface area contributed by atoms with Crippen molar-refractivity contribution >= 4 is 33.1 Å². The second-order valence-electron chi connectivity index (χ2n) is 7.52. The first-order valence-corrected chi connectivity index (χ1v) is 10.1. The van der Waals surface area contributed by atoms with Crippen LogP contribution in [0.5, 0.6) is 0 Å². The number of hydrogen-bond donors (Lipinski definition) is 1. The van der Waals surface area contributed by atoms with Crippen molar-refractivity contribution in [3.63, 3.8) is 0 Å². The zero-order chi connectivity index (χ0) is 19.1. The van der Waals surface area contributed by atoms with Gasteiger partial charge < -0.3 is 5.32 Å². The van der Waals surface area contributed by atoms with Crippen LogP contribution >= 0.6 is 11.3 Å². The van der Waals surface area contributed by atoms with Crippen molar-refractivity contribution in [2.75, 3.05) is 5.32 Å². The zero-order valence-corrected chi connectivity index (χ0v) is 16.6. The molecule has 0 saturated heterocycles. The second kappa shape index (κ2) is 6.93. The lowest BCUT2D eigenvalue weighted by atomic mass is 9.89. The summed E-state index contributed by atoms with van der Waals surface area (Å²) in [5.74, 6) is 0.423. The van der Waals surface area contributed by atoms with Crippen molar-refractivity contribution in [1.29, 1.82) is 0 Å². The molecule has 0 fully saturated rings. The molecule has 1 aromatic carbocycles. The van der Waals surface area contributed by atoms with Gasteiger partial charge in [-0.1, -0.05) is 24.6 Å². The predicted molar refractivity (Wildman–Crippen MR) is 110 cm³/mol. The van der Waals surface area contributed by atoms with Crippen LogP contribution in [0.2, 0.25) is 0 Å². The number of amides is 1. The third kappa shape index (κ3) is 3.30. The number of aromatic nitrogens is 2. The van der Waals surface area contributed by atoms with E-state index in [1.165, 1.54) is 15.8 Å². The van der Waals surface area contributed by atoms with Crippen molar-refractivity contribution in [2.45, 2.75) is 46.1 Å². The van der Waals surface area contributed by atoms with Crippen LogP contribution in [0, 0.1) is 12.8 Å². The zero-order valence-electron chi connectivity index (χ0n) is 15.8. The SMILES string of the molecule is Cc1ccc(NC(=O)C(C)n2cnc3sc4c(c3c2=O)CCC(C)C4)cc1. The molecule has 0 bridgehead atoms. The summed E-state index contributed by atoms with van der Waals surface area (Å²) in [6, 6.07) is 6.98. The smallest absolute Gasteiger partial charge is 0.263 e. The topological polar surface area (TPSA) is 64.0 Å². The highest BCUT2D eigenvalue weighted by atomic mass is 32.1. The van der Waals surface area contributed by atoms with Crippen LogP contribution in [-0.4, -0.2) is 15.5 Å². The van der Waals surface area contributed by atoms with Gasteiger partial charge in [0.2, 0.25) is 5.91 Å². The fourth-order valence-electron chi connectivity index (χ4n) is 3.63. The Morgan fingerprint density at radius 1 is 1.33 bits per heavy atom. The Hall–Kier alpha value is -2.47. The molecular weight excluding hydrogens is 358 g/mol. The Morgan fingerprint density at radius 3 is 2.81 bits per heavy atom. The Morgan fingerprint density at radius 2 is 2.07 bits per heavy atom. The maximum Gasteiger partial charge on any atom is 0.263 e. The van der Waals surface area contributed by atoms with Crippen molar-refractivity contribution < 1.29 is 4.79 Å². The molecule has 6 heteroatoms. The third-order valence-corrected chi connectivity index (χ3v) is 6.52. The maximum absolute atomic E-state index is 13.1. The van der Waals surface area contributed by atoms with Gasteiger partial charge in [-0.3, -0.25) is 14.2 Å². The molecule has 0 radical (unpaired) electrons. The average Bonchev–Trinajstić information content (AvgIpc) is 3.01. The molecule has 2 atom stereocenters. The number of aryl methyl sites for hydroxylation is 2. The van der Waals surface area contributed by atoms with Gasteiger partial charge >= 0.3 is 0 Å². The molecule has 140 valence electrons. The molecule has 1 amide bonds. The molecule has 5 nitrogen and oxygen atoms in total. The van der Waals surface area contributed by atoms with E-state index in [-0.39, 0.29) is 11.5 Å². The van der Waals surface area contributed by atoms with Gasteiger partial charge in [-0.2, -0.15) is 0 Å². The Labute approximate surface area is 162 Å². The van der Waals surface area contributed by atoms with Gasteiger partial charge in [0.15, 0.2) is 0 Å². The lowest BCUT2D eigenvalue weighted by molar-refractivity contribution is -0.118. The molecule has 2 unspecified atom stereocenters. The molecule has 0 saturated carbocycles. The minimum atomic E-state index is -0.631. The van der Waals surface area contributed by atoms with Crippen LogP contribution in [0.4, 0.5) is 5.69 Å². The summed E-state index contributed by atoms with van der Waals surface area (Å²) < 4.78 is 1.46. The lowest BCUT2D eigenvalue weighted by Gasteiger charge is -2.18. The minimum Gasteiger partial charge on any atom is -0.324 e. The van der Waals surface area contributed by atoms with Crippen LogP contribution in [0.25, 0.3) is 10.2 Å². The van der Waals surface area contributed by atoms with E-state index in [2.05, 4.69) is 17.2 Å². The van der Waals surface area contributed by atoms with Gasteiger partial charge in [0, 0.05) is 10.6 Å². The lowest BCUT2D eigenvalue weighted by Crippen LogP contribution is -2.32. The number of anilines is 1. The molecule has 1 aliphatic carbocycles. The highest BCUT2D eigenvalue weighted by Gasteiger charge is 2.25. The number of nitrogens with zero attached hydrogens (tertiary/aromatic N) is 2. The Kier molecular flexibility index (Phi) is 4.60. The van der Waals surface area contributed by atoms with Gasteiger partial charge in [0.25, 0.3) is 5.56 Å². The maximum atomic E-state index is 13.1. The Balaban J connectivity index is 1.66. The minimum absolute atomic E-state index is 0.112. The third-order valence-electron chi connectivity index (χ3n) is 5.36. The average molecular weight is 382 g/mol. The molecule has 3 aromatic rings. The van der Waals surface area contributed by atoms with Crippen molar-refractivity contribution in [3.05, 3.63) is 57.0 Å². The number of fused-ring (bicyclic) bond motifs is 3. The van der Waals surface area contributed by atoms with Crippen LogP contribution in [0.1, 0.15) is 42.3 Å². The number of carbonyl (C=O) groups excluding carboxylic acids is 1. The number of rotatable bonds is 3. The number of nitrogens with one attached hydrogen (secondary N) is 1. The van der Waals surface area contributed by atoms with Crippen LogP contribution in [-0.2, 0) is 17.6 Å². The molecule has 2 aromatic heterocycles. The highest BCUT2D eigenvalue weighted by Crippen LogP contribution is 2.35. The van der Waals surface area contributed by atoms with E-state index >= 15 is 0 Å².